The van der Waals surface area contributed by atoms with Gasteiger partial charge in [-0.25, -0.2) is 4.98 Å². The largest absolute Gasteiger partial charge is 0.463 e. The van der Waals surface area contributed by atoms with Gasteiger partial charge in [0.25, 0.3) is 5.56 Å². The van der Waals surface area contributed by atoms with Crippen molar-refractivity contribution in [2.45, 2.75) is 128 Å². The normalized spacial score (nSPS) is 11.4. The number of H-pyrrole nitrogens is 1. The molecule has 0 bridgehead atoms. The molecular weight excluding hydrogens is 530 g/mol. The fourth-order valence-corrected chi connectivity index (χ4v) is 5.30. The third-order valence-corrected chi connectivity index (χ3v) is 7.61. The Kier molecular flexibility index (Phi) is 18.4. The predicted octanol–water partition coefficient (Wildman–Crippen LogP) is 6.57. The molecule has 0 saturated carbocycles. The molecule has 0 spiro atoms. The summed E-state index contributed by atoms with van der Waals surface area (Å²) in [4.78, 5) is 34.3. The molecule has 40 heavy (non-hydrogen) atoms. The first-order valence-corrected chi connectivity index (χ1v) is 16.2. The Balaban J connectivity index is 1.54. The summed E-state index contributed by atoms with van der Waals surface area (Å²) < 4.78 is 18.0. The number of carbonyl (C=O) groups is 1. The van der Waals surface area contributed by atoms with E-state index in [1.807, 2.05) is 0 Å². The van der Waals surface area contributed by atoms with Gasteiger partial charge in [-0.15, -0.1) is 0 Å². The molecular formula is C29H51N5O5S. The second kappa shape index (κ2) is 21.6. The molecule has 0 aliphatic rings. The summed E-state index contributed by atoms with van der Waals surface area (Å²) in [6.07, 6.45) is 21.5. The number of hydrogen-bond acceptors (Lipinski definition) is 9. The molecule has 0 aromatic carbocycles. The molecule has 3 N–H and O–H groups in total. The van der Waals surface area contributed by atoms with Crippen molar-refractivity contribution >= 4 is 34.8 Å². The topological polar surface area (TPSA) is 134 Å². The van der Waals surface area contributed by atoms with Gasteiger partial charge in [-0.05, 0) is 6.42 Å². The molecule has 0 saturated heterocycles. The van der Waals surface area contributed by atoms with Crippen molar-refractivity contribution < 1.29 is 19.0 Å². The van der Waals surface area contributed by atoms with Crippen LogP contribution in [-0.4, -0.2) is 51.2 Å². The van der Waals surface area contributed by atoms with Crippen molar-refractivity contribution in [3.05, 3.63) is 10.4 Å². The van der Waals surface area contributed by atoms with E-state index in [1.165, 1.54) is 115 Å². The highest BCUT2D eigenvalue weighted by molar-refractivity contribution is 7.99. The van der Waals surface area contributed by atoms with Crippen LogP contribution in [0, 0.1) is 0 Å². The Morgan fingerprint density at radius 1 is 0.825 bits per heavy atom. The third kappa shape index (κ3) is 14.5. The van der Waals surface area contributed by atoms with Crippen LogP contribution in [0.4, 0.5) is 5.95 Å². The molecule has 0 aliphatic carbocycles. The van der Waals surface area contributed by atoms with Gasteiger partial charge in [-0.1, -0.05) is 115 Å². The number of unbranched alkanes of at least 4 members (excludes halogenated alkanes) is 15. The van der Waals surface area contributed by atoms with E-state index in [1.54, 1.807) is 4.57 Å². The van der Waals surface area contributed by atoms with E-state index in [-0.39, 0.29) is 37.4 Å². The molecule has 0 fully saturated rings. The number of nitrogens with zero attached hydrogens (tertiary/aromatic N) is 3. The van der Waals surface area contributed by atoms with Crippen molar-refractivity contribution in [1.29, 1.82) is 0 Å². The Morgan fingerprint density at radius 2 is 1.40 bits per heavy atom. The lowest BCUT2D eigenvalue weighted by Gasteiger charge is -2.10. The average Bonchev–Trinajstić information content (AvgIpc) is 3.27. The lowest BCUT2D eigenvalue weighted by molar-refractivity contribution is -0.142. The first-order valence-electron chi connectivity index (χ1n) is 15.2. The minimum Gasteiger partial charge on any atom is -0.463 e. The standard InChI is InChI=1S/C29H51N5O5S/c1-3-4-5-6-7-8-9-10-11-12-13-14-15-16-17-18-19-38-23-40-29-31-25-26(32-28(30)33-27(25)36)34(29)22-37-20-21-39-24(2)35/h3-23H2,1-2H3,(H3,30,32,33,36). The zero-order valence-corrected chi connectivity index (χ0v) is 25.5. The minimum atomic E-state index is -0.405. The summed E-state index contributed by atoms with van der Waals surface area (Å²) >= 11 is 1.38. The zero-order valence-electron chi connectivity index (χ0n) is 24.7. The number of nitrogens with one attached hydrogen (secondary N) is 1. The molecule has 228 valence electrons. The van der Waals surface area contributed by atoms with Gasteiger partial charge in [-0.2, -0.15) is 4.98 Å². The second-order valence-corrected chi connectivity index (χ2v) is 11.2. The number of imidazole rings is 1. The molecule has 0 radical (unpaired) electrons. The summed E-state index contributed by atoms with van der Waals surface area (Å²) in [6, 6.07) is 0. The van der Waals surface area contributed by atoms with Crippen molar-refractivity contribution in [3.8, 4) is 0 Å². The van der Waals surface area contributed by atoms with Crippen LogP contribution in [0.3, 0.4) is 0 Å². The third-order valence-electron chi connectivity index (χ3n) is 6.76. The van der Waals surface area contributed by atoms with E-state index in [2.05, 4.69) is 21.9 Å². The van der Waals surface area contributed by atoms with Gasteiger partial charge in [0.15, 0.2) is 16.3 Å². The average molecular weight is 582 g/mol. The van der Waals surface area contributed by atoms with Crippen LogP contribution in [0.5, 0.6) is 0 Å². The van der Waals surface area contributed by atoms with Crippen molar-refractivity contribution in [2.75, 3.05) is 31.5 Å². The highest BCUT2D eigenvalue weighted by Crippen LogP contribution is 2.22. The van der Waals surface area contributed by atoms with Gasteiger partial charge in [0, 0.05) is 13.5 Å². The Bertz CT molecular complexity index is 1010. The van der Waals surface area contributed by atoms with Crippen molar-refractivity contribution in [2.24, 2.45) is 0 Å². The van der Waals surface area contributed by atoms with E-state index in [4.69, 9.17) is 19.9 Å². The first kappa shape index (κ1) is 34.1. The Hall–Kier alpha value is -2.11. The molecule has 2 rings (SSSR count). The number of aromatic nitrogens is 4. The van der Waals surface area contributed by atoms with E-state index >= 15 is 0 Å². The van der Waals surface area contributed by atoms with Crippen LogP contribution in [-0.2, 0) is 25.7 Å². The van der Waals surface area contributed by atoms with Crippen LogP contribution < -0.4 is 11.3 Å². The van der Waals surface area contributed by atoms with E-state index < -0.39 is 5.56 Å². The highest BCUT2D eigenvalue weighted by Gasteiger charge is 2.16. The number of nitrogens with two attached hydrogens (primary N) is 1. The molecule has 0 amide bonds. The van der Waals surface area contributed by atoms with Crippen molar-refractivity contribution in [1.82, 2.24) is 19.5 Å². The van der Waals surface area contributed by atoms with Crippen LogP contribution in [0.1, 0.15) is 117 Å². The van der Waals surface area contributed by atoms with Crippen LogP contribution in [0.25, 0.3) is 11.2 Å². The number of rotatable bonds is 25. The summed E-state index contributed by atoms with van der Waals surface area (Å²) in [5.41, 5.74) is 5.86. The van der Waals surface area contributed by atoms with E-state index in [9.17, 15) is 9.59 Å². The quantitative estimate of drug-likeness (QED) is 0.0578. The summed E-state index contributed by atoms with van der Waals surface area (Å²) in [5.74, 6) is 0.0494. The lowest BCUT2D eigenvalue weighted by Crippen LogP contribution is -2.14. The molecule has 2 heterocycles. The van der Waals surface area contributed by atoms with Gasteiger partial charge < -0.3 is 19.9 Å². The molecule has 0 atom stereocenters. The maximum absolute atomic E-state index is 12.3. The predicted molar refractivity (Wildman–Crippen MR) is 161 cm³/mol. The number of hydrogen-bond donors (Lipinski definition) is 2. The lowest BCUT2D eigenvalue weighted by atomic mass is 10.0. The SMILES string of the molecule is CCCCCCCCCCCCCCCCCCOCSc1nc2c(=O)[nH]c(N)nc2n1COCCOC(C)=O. The van der Waals surface area contributed by atoms with E-state index in [0.29, 0.717) is 23.3 Å². The van der Waals surface area contributed by atoms with Crippen molar-refractivity contribution in [3.63, 3.8) is 0 Å². The van der Waals surface area contributed by atoms with Crippen LogP contribution in [0.2, 0.25) is 0 Å². The number of anilines is 1. The monoisotopic (exact) mass is 581 g/mol. The van der Waals surface area contributed by atoms with Crippen LogP contribution >= 0.6 is 11.8 Å². The molecule has 2 aromatic heterocycles. The number of fused-ring (bicyclic) bond motifs is 1. The van der Waals surface area contributed by atoms with Gasteiger partial charge in [0.1, 0.15) is 13.3 Å². The highest BCUT2D eigenvalue weighted by atomic mass is 32.2. The molecule has 10 nitrogen and oxygen atoms in total. The number of esters is 1. The fraction of sp³-hybridized carbons (Fsp3) is 0.793. The fourth-order valence-electron chi connectivity index (χ4n) is 4.54. The smallest absolute Gasteiger partial charge is 0.302 e. The van der Waals surface area contributed by atoms with Gasteiger partial charge >= 0.3 is 5.97 Å². The number of aromatic amines is 1. The number of carbonyl (C=O) groups excluding carboxylic acids is 1. The summed E-state index contributed by atoms with van der Waals surface area (Å²) in [5, 5.41) is 0.554. The number of ether oxygens (including phenoxy) is 3. The molecule has 11 heteroatoms. The number of nitrogen functional groups attached to an aromatic ring is 1. The zero-order chi connectivity index (χ0) is 28.8. The van der Waals surface area contributed by atoms with Crippen LogP contribution in [0.15, 0.2) is 9.95 Å². The maximum Gasteiger partial charge on any atom is 0.302 e. The van der Waals surface area contributed by atoms with Gasteiger partial charge in [0.05, 0.1) is 12.5 Å². The Morgan fingerprint density at radius 3 is 1.98 bits per heavy atom. The maximum atomic E-state index is 12.3. The second-order valence-electron chi connectivity index (χ2n) is 10.3. The van der Waals surface area contributed by atoms with Gasteiger partial charge in [-0.3, -0.25) is 19.1 Å². The number of thioether (sulfide) groups is 1. The molecule has 0 aliphatic heterocycles. The van der Waals surface area contributed by atoms with E-state index in [0.717, 1.165) is 6.42 Å². The van der Waals surface area contributed by atoms with Gasteiger partial charge in [0.2, 0.25) is 5.95 Å². The minimum absolute atomic E-state index is 0.00913. The first-order chi connectivity index (χ1) is 19.5. The Labute approximate surface area is 243 Å². The molecule has 2 aromatic rings. The summed E-state index contributed by atoms with van der Waals surface area (Å²) in [6.45, 7) is 4.75. The molecule has 0 unspecified atom stereocenters. The summed E-state index contributed by atoms with van der Waals surface area (Å²) in [7, 11) is 0.